The second-order valence-electron chi connectivity index (χ2n) is 5.62. The van der Waals surface area contributed by atoms with Gasteiger partial charge in [-0.3, -0.25) is 15.0 Å². The molecule has 1 aliphatic heterocycles. The van der Waals surface area contributed by atoms with Crippen molar-refractivity contribution >= 4 is 22.4 Å². The maximum atomic E-state index is 12.3. The van der Waals surface area contributed by atoms with E-state index in [-0.39, 0.29) is 5.91 Å². The van der Waals surface area contributed by atoms with Crippen LogP contribution in [0.2, 0.25) is 0 Å². The van der Waals surface area contributed by atoms with Crippen molar-refractivity contribution in [2.75, 3.05) is 38.7 Å². The van der Waals surface area contributed by atoms with Crippen molar-refractivity contribution in [3.05, 3.63) is 46.5 Å². The normalized spacial score (nSPS) is 15.4. The van der Waals surface area contributed by atoms with Gasteiger partial charge in [-0.15, -0.1) is 11.3 Å². The SMILES string of the molecule is COCc1ccc(C(=O)Nc2nc(CN3CCOCC3)cs2)cc1. The lowest BCUT2D eigenvalue weighted by molar-refractivity contribution is 0.0337. The number of methoxy groups -OCH3 is 1. The average molecular weight is 347 g/mol. The molecule has 1 N–H and O–H groups in total. The summed E-state index contributed by atoms with van der Waals surface area (Å²) in [5.41, 5.74) is 2.63. The molecule has 1 aromatic heterocycles. The fraction of sp³-hybridized carbons (Fsp3) is 0.412. The Kier molecular flexibility index (Phi) is 5.92. The second-order valence-corrected chi connectivity index (χ2v) is 6.47. The van der Waals surface area contributed by atoms with Gasteiger partial charge in [-0.25, -0.2) is 4.98 Å². The molecule has 128 valence electrons. The van der Waals surface area contributed by atoms with E-state index in [0.717, 1.165) is 44.1 Å². The molecule has 24 heavy (non-hydrogen) atoms. The molecule has 2 heterocycles. The molecule has 0 atom stereocenters. The van der Waals surface area contributed by atoms with E-state index in [4.69, 9.17) is 9.47 Å². The lowest BCUT2D eigenvalue weighted by Gasteiger charge is -2.25. The molecular weight excluding hydrogens is 326 g/mol. The van der Waals surface area contributed by atoms with Gasteiger partial charge in [-0.2, -0.15) is 0 Å². The Balaban J connectivity index is 1.56. The summed E-state index contributed by atoms with van der Waals surface area (Å²) in [7, 11) is 1.65. The zero-order chi connectivity index (χ0) is 16.8. The summed E-state index contributed by atoms with van der Waals surface area (Å²) < 4.78 is 10.4. The van der Waals surface area contributed by atoms with E-state index in [1.165, 1.54) is 11.3 Å². The second kappa shape index (κ2) is 8.34. The minimum Gasteiger partial charge on any atom is -0.380 e. The number of hydrogen-bond acceptors (Lipinski definition) is 6. The number of anilines is 1. The lowest BCUT2D eigenvalue weighted by Crippen LogP contribution is -2.35. The molecule has 0 radical (unpaired) electrons. The fourth-order valence-electron chi connectivity index (χ4n) is 2.51. The van der Waals surface area contributed by atoms with E-state index in [0.29, 0.717) is 17.3 Å². The number of thiazole rings is 1. The molecule has 0 saturated carbocycles. The summed E-state index contributed by atoms with van der Waals surface area (Å²) in [5, 5.41) is 5.48. The number of aromatic nitrogens is 1. The molecule has 1 amide bonds. The number of morpholine rings is 1. The highest BCUT2D eigenvalue weighted by atomic mass is 32.1. The molecule has 6 nitrogen and oxygen atoms in total. The zero-order valence-electron chi connectivity index (χ0n) is 13.7. The van der Waals surface area contributed by atoms with Crippen molar-refractivity contribution in [1.82, 2.24) is 9.88 Å². The van der Waals surface area contributed by atoms with Crippen LogP contribution in [-0.4, -0.2) is 49.2 Å². The number of benzene rings is 1. The number of nitrogens with one attached hydrogen (secondary N) is 1. The maximum absolute atomic E-state index is 12.3. The van der Waals surface area contributed by atoms with Crippen molar-refractivity contribution in [2.24, 2.45) is 0 Å². The summed E-state index contributed by atoms with van der Waals surface area (Å²) in [6, 6.07) is 7.38. The Labute approximate surface area is 145 Å². The van der Waals surface area contributed by atoms with E-state index >= 15 is 0 Å². The molecule has 1 aliphatic rings. The van der Waals surface area contributed by atoms with Gasteiger partial charge in [0, 0.05) is 37.7 Å². The molecule has 0 unspecified atom stereocenters. The zero-order valence-corrected chi connectivity index (χ0v) is 14.5. The number of nitrogens with zero attached hydrogens (tertiary/aromatic N) is 2. The molecular formula is C17H21N3O3S. The Morgan fingerprint density at radius 1 is 1.33 bits per heavy atom. The summed E-state index contributed by atoms with van der Waals surface area (Å²) in [6.07, 6.45) is 0. The first kappa shape index (κ1) is 17.0. The third-order valence-electron chi connectivity index (χ3n) is 3.79. The Morgan fingerprint density at radius 2 is 2.08 bits per heavy atom. The van der Waals surface area contributed by atoms with E-state index in [1.54, 1.807) is 19.2 Å². The summed E-state index contributed by atoms with van der Waals surface area (Å²) in [6.45, 7) is 4.72. The highest BCUT2D eigenvalue weighted by molar-refractivity contribution is 7.13. The van der Waals surface area contributed by atoms with Crippen molar-refractivity contribution in [2.45, 2.75) is 13.2 Å². The van der Waals surface area contributed by atoms with Crippen molar-refractivity contribution in [3.63, 3.8) is 0 Å². The molecule has 1 saturated heterocycles. The Bertz CT molecular complexity index is 666. The molecule has 0 bridgehead atoms. The highest BCUT2D eigenvalue weighted by Crippen LogP contribution is 2.18. The average Bonchev–Trinajstić information content (AvgIpc) is 3.03. The van der Waals surface area contributed by atoms with Gasteiger partial charge in [0.2, 0.25) is 0 Å². The smallest absolute Gasteiger partial charge is 0.257 e. The summed E-state index contributed by atoms with van der Waals surface area (Å²) in [4.78, 5) is 19.1. The van der Waals surface area contributed by atoms with Crippen LogP contribution in [0.4, 0.5) is 5.13 Å². The van der Waals surface area contributed by atoms with Crippen LogP contribution in [0.25, 0.3) is 0 Å². The maximum Gasteiger partial charge on any atom is 0.257 e. The van der Waals surface area contributed by atoms with Gasteiger partial charge >= 0.3 is 0 Å². The van der Waals surface area contributed by atoms with Crippen LogP contribution in [0.3, 0.4) is 0 Å². The predicted molar refractivity (Wildman–Crippen MR) is 93.3 cm³/mol. The summed E-state index contributed by atoms with van der Waals surface area (Å²) >= 11 is 1.45. The van der Waals surface area contributed by atoms with Crippen LogP contribution < -0.4 is 5.32 Å². The minimum absolute atomic E-state index is 0.147. The fourth-order valence-corrected chi connectivity index (χ4v) is 3.21. The van der Waals surface area contributed by atoms with E-state index in [9.17, 15) is 4.79 Å². The Morgan fingerprint density at radius 3 is 2.79 bits per heavy atom. The van der Waals surface area contributed by atoms with Gasteiger partial charge in [0.15, 0.2) is 5.13 Å². The highest BCUT2D eigenvalue weighted by Gasteiger charge is 2.14. The first-order valence-corrected chi connectivity index (χ1v) is 8.76. The van der Waals surface area contributed by atoms with Gasteiger partial charge in [0.05, 0.1) is 25.5 Å². The number of carbonyl (C=O) groups excluding carboxylic acids is 1. The Hall–Kier alpha value is -1.80. The van der Waals surface area contributed by atoms with E-state index < -0.39 is 0 Å². The first-order valence-electron chi connectivity index (χ1n) is 7.88. The van der Waals surface area contributed by atoms with Crippen LogP contribution in [-0.2, 0) is 22.6 Å². The number of hydrogen-bond donors (Lipinski definition) is 1. The molecule has 1 fully saturated rings. The topological polar surface area (TPSA) is 63.7 Å². The van der Waals surface area contributed by atoms with Crippen LogP contribution >= 0.6 is 11.3 Å². The van der Waals surface area contributed by atoms with Crippen LogP contribution in [0, 0.1) is 0 Å². The molecule has 3 rings (SSSR count). The largest absolute Gasteiger partial charge is 0.380 e. The predicted octanol–water partition coefficient (Wildman–Crippen LogP) is 2.37. The number of carbonyl (C=O) groups is 1. The first-order chi connectivity index (χ1) is 11.7. The van der Waals surface area contributed by atoms with Gasteiger partial charge in [-0.1, -0.05) is 12.1 Å². The number of amides is 1. The van der Waals surface area contributed by atoms with Gasteiger partial charge in [-0.05, 0) is 17.7 Å². The van der Waals surface area contributed by atoms with Gasteiger partial charge < -0.3 is 9.47 Å². The monoisotopic (exact) mass is 347 g/mol. The lowest BCUT2D eigenvalue weighted by atomic mass is 10.1. The molecule has 2 aromatic rings. The van der Waals surface area contributed by atoms with Crippen molar-refractivity contribution in [1.29, 1.82) is 0 Å². The number of ether oxygens (including phenoxy) is 2. The third-order valence-corrected chi connectivity index (χ3v) is 4.60. The van der Waals surface area contributed by atoms with Crippen LogP contribution in [0.5, 0.6) is 0 Å². The van der Waals surface area contributed by atoms with Crippen molar-refractivity contribution < 1.29 is 14.3 Å². The third kappa shape index (κ3) is 4.61. The van der Waals surface area contributed by atoms with Gasteiger partial charge in [0.25, 0.3) is 5.91 Å². The van der Waals surface area contributed by atoms with Crippen LogP contribution in [0.15, 0.2) is 29.6 Å². The molecule has 0 aliphatic carbocycles. The molecule has 0 spiro atoms. The molecule has 1 aromatic carbocycles. The summed E-state index contributed by atoms with van der Waals surface area (Å²) in [5.74, 6) is -0.147. The van der Waals surface area contributed by atoms with Crippen molar-refractivity contribution in [3.8, 4) is 0 Å². The quantitative estimate of drug-likeness (QED) is 0.869. The van der Waals surface area contributed by atoms with Crippen LogP contribution in [0.1, 0.15) is 21.6 Å². The number of rotatable bonds is 6. The molecule has 7 heteroatoms. The standard InChI is InChI=1S/C17H21N3O3S/c1-22-11-13-2-4-14(5-3-13)16(21)19-17-18-15(12-24-17)10-20-6-8-23-9-7-20/h2-5,12H,6-11H2,1H3,(H,18,19,21). The van der Waals surface area contributed by atoms with E-state index in [2.05, 4.69) is 15.2 Å². The van der Waals surface area contributed by atoms with Gasteiger partial charge in [0.1, 0.15) is 0 Å². The van der Waals surface area contributed by atoms with E-state index in [1.807, 2.05) is 17.5 Å². The minimum atomic E-state index is -0.147.